The Labute approximate surface area is 165 Å². The first kappa shape index (κ1) is 21.0. The molecule has 6 heteroatoms. The number of hydrogen-bond acceptors (Lipinski definition) is 5. The molecule has 1 amide bonds. The normalized spacial score (nSPS) is 11.7. The summed E-state index contributed by atoms with van der Waals surface area (Å²) in [6.45, 7) is 2.16. The lowest BCUT2D eigenvalue weighted by molar-refractivity contribution is -0.143. The number of benzene rings is 2. The number of ether oxygens (including phenoxy) is 3. The zero-order valence-electron chi connectivity index (χ0n) is 16.3. The Kier molecular flexibility index (Phi) is 8.09. The molecule has 2 aromatic rings. The van der Waals surface area contributed by atoms with E-state index >= 15 is 0 Å². The van der Waals surface area contributed by atoms with Crippen LogP contribution in [-0.2, 0) is 14.3 Å². The van der Waals surface area contributed by atoms with Gasteiger partial charge in [0.1, 0.15) is 11.5 Å². The van der Waals surface area contributed by atoms with Gasteiger partial charge in [0.2, 0.25) is 0 Å². The maximum atomic E-state index is 11.9. The van der Waals surface area contributed by atoms with Gasteiger partial charge < -0.3 is 19.5 Å². The highest BCUT2D eigenvalue weighted by Crippen LogP contribution is 2.25. The molecule has 0 saturated heterocycles. The maximum absolute atomic E-state index is 11.9. The first-order valence-corrected chi connectivity index (χ1v) is 8.92. The fourth-order valence-electron chi connectivity index (χ4n) is 2.53. The molecule has 0 fully saturated rings. The van der Waals surface area contributed by atoms with Gasteiger partial charge in [-0.25, -0.2) is 4.79 Å². The van der Waals surface area contributed by atoms with E-state index in [1.807, 2.05) is 37.3 Å². The van der Waals surface area contributed by atoms with E-state index in [0.29, 0.717) is 23.6 Å². The molecule has 0 radical (unpaired) electrons. The zero-order valence-corrected chi connectivity index (χ0v) is 16.3. The Morgan fingerprint density at radius 3 is 2.50 bits per heavy atom. The van der Waals surface area contributed by atoms with Crippen molar-refractivity contribution in [1.29, 1.82) is 0 Å². The summed E-state index contributed by atoms with van der Waals surface area (Å²) in [4.78, 5) is 23.8. The third-order valence-electron chi connectivity index (χ3n) is 4.16. The molecule has 0 heterocycles. The Bertz CT molecular complexity index is 817. The number of amides is 1. The van der Waals surface area contributed by atoms with Crippen molar-refractivity contribution >= 4 is 18.0 Å². The molecule has 1 N–H and O–H groups in total. The molecule has 0 saturated carbocycles. The topological polar surface area (TPSA) is 73.9 Å². The lowest BCUT2D eigenvalue weighted by Gasteiger charge is -2.13. The molecule has 1 atom stereocenters. The van der Waals surface area contributed by atoms with Crippen molar-refractivity contribution in [3.63, 3.8) is 0 Å². The van der Waals surface area contributed by atoms with E-state index in [9.17, 15) is 9.59 Å². The van der Waals surface area contributed by atoms with Crippen molar-refractivity contribution < 1.29 is 23.8 Å². The molecule has 0 bridgehead atoms. The first-order chi connectivity index (χ1) is 13.5. The molecule has 2 rings (SSSR count). The maximum Gasteiger partial charge on any atom is 0.331 e. The van der Waals surface area contributed by atoms with Crippen molar-refractivity contribution in [3.05, 3.63) is 65.7 Å². The summed E-state index contributed by atoms with van der Waals surface area (Å²) in [6.07, 6.45) is 2.80. The van der Waals surface area contributed by atoms with Crippen molar-refractivity contribution in [2.75, 3.05) is 27.4 Å². The molecule has 6 nitrogen and oxygen atoms in total. The van der Waals surface area contributed by atoms with Crippen molar-refractivity contribution in [1.82, 2.24) is 5.32 Å². The van der Waals surface area contributed by atoms with Gasteiger partial charge >= 0.3 is 5.97 Å². The van der Waals surface area contributed by atoms with E-state index in [-0.39, 0.29) is 18.4 Å². The highest BCUT2D eigenvalue weighted by molar-refractivity contribution is 5.89. The van der Waals surface area contributed by atoms with Crippen LogP contribution in [0.3, 0.4) is 0 Å². The van der Waals surface area contributed by atoms with E-state index in [1.54, 1.807) is 31.4 Å². The van der Waals surface area contributed by atoms with E-state index in [4.69, 9.17) is 14.2 Å². The van der Waals surface area contributed by atoms with Crippen LogP contribution in [0.5, 0.6) is 11.5 Å². The monoisotopic (exact) mass is 383 g/mol. The first-order valence-electron chi connectivity index (χ1n) is 8.92. The molecular formula is C22H25NO5. The minimum Gasteiger partial charge on any atom is -0.497 e. The van der Waals surface area contributed by atoms with Crippen LogP contribution in [0.15, 0.2) is 54.6 Å². The largest absolute Gasteiger partial charge is 0.497 e. The summed E-state index contributed by atoms with van der Waals surface area (Å²) in [7, 11) is 3.10. The van der Waals surface area contributed by atoms with E-state index in [1.165, 1.54) is 13.2 Å². The molecule has 0 aliphatic heterocycles. The fraction of sp³-hybridized carbons (Fsp3) is 0.273. The number of carbonyl (C=O) groups is 2. The molecule has 148 valence electrons. The molecule has 0 aliphatic carbocycles. The lowest BCUT2D eigenvalue weighted by atomic mass is 10.0. The number of carbonyl (C=O) groups excluding carboxylic acids is 2. The van der Waals surface area contributed by atoms with Crippen molar-refractivity contribution in [2.24, 2.45) is 0 Å². The minimum absolute atomic E-state index is 0.168. The van der Waals surface area contributed by atoms with Gasteiger partial charge in [-0.1, -0.05) is 37.3 Å². The third-order valence-corrected chi connectivity index (χ3v) is 4.16. The van der Waals surface area contributed by atoms with Gasteiger partial charge in [-0.3, -0.25) is 4.79 Å². The molecule has 0 spiro atoms. The van der Waals surface area contributed by atoms with Gasteiger partial charge in [0.25, 0.3) is 5.91 Å². The molecule has 0 unspecified atom stereocenters. The third kappa shape index (κ3) is 6.46. The second-order valence-corrected chi connectivity index (χ2v) is 6.16. The smallest absolute Gasteiger partial charge is 0.331 e. The molecule has 28 heavy (non-hydrogen) atoms. The Balaban J connectivity index is 1.80. The van der Waals surface area contributed by atoms with E-state index in [0.717, 1.165) is 5.56 Å². The van der Waals surface area contributed by atoms with Gasteiger partial charge in [-0.15, -0.1) is 0 Å². The summed E-state index contributed by atoms with van der Waals surface area (Å²) in [5, 5.41) is 2.77. The van der Waals surface area contributed by atoms with Crippen molar-refractivity contribution in [2.45, 2.75) is 12.8 Å². The van der Waals surface area contributed by atoms with Crippen LogP contribution in [0.4, 0.5) is 0 Å². The van der Waals surface area contributed by atoms with Gasteiger partial charge in [-0.05, 0) is 35.8 Å². The van der Waals surface area contributed by atoms with Gasteiger partial charge in [0.15, 0.2) is 6.61 Å². The standard InChI is InChI=1S/C22H25NO5/c1-16(17-7-5-4-6-8-17)14-23-21(24)15-28-22(25)12-9-18-13-19(26-2)10-11-20(18)27-3/h4-13,16H,14-15H2,1-3H3,(H,23,24)/b12-9+/t16-/m1/s1. The predicted octanol–water partition coefficient (Wildman–Crippen LogP) is 3.18. The van der Waals surface area contributed by atoms with Crippen LogP contribution in [0.2, 0.25) is 0 Å². The van der Waals surface area contributed by atoms with E-state index < -0.39 is 5.97 Å². The summed E-state index contributed by atoms with van der Waals surface area (Å²) in [6, 6.07) is 15.1. The van der Waals surface area contributed by atoms with Crippen LogP contribution in [0.1, 0.15) is 24.0 Å². The average Bonchev–Trinajstić information content (AvgIpc) is 2.74. The highest BCUT2D eigenvalue weighted by Gasteiger charge is 2.09. The predicted molar refractivity (Wildman–Crippen MR) is 107 cm³/mol. The van der Waals surface area contributed by atoms with Crippen molar-refractivity contribution in [3.8, 4) is 11.5 Å². The molecule has 2 aromatic carbocycles. The van der Waals surface area contributed by atoms with Crippen LogP contribution in [-0.4, -0.2) is 39.2 Å². The zero-order chi connectivity index (χ0) is 20.4. The van der Waals surface area contributed by atoms with Crippen LogP contribution in [0, 0.1) is 0 Å². The van der Waals surface area contributed by atoms with Gasteiger partial charge in [0.05, 0.1) is 14.2 Å². The van der Waals surface area contributed by atoms with Gasteiger partial charge in [-0.2, -0.15) is 0 Å². The number of nitrogens with one attached hydrogen (secondary N) is 1. The fourth-order valence-corrected chi connectivity index (χ4v) is 2.53. The van der Waals surface area contributed by atoms with Crippen LogP contribution >= 0.6 is 0 Å². The number of methoxy groups -OCH3 is 2. The Morgan fingerprint density at radius 1 is 1.07 bits per heavy atom. The average molecular weight is 383 g/mol. The SMILES string of the molecule is COc1ccc(OC)c(/C=C/C(=O)OCC(=O)NC[C@@H](C)c2ccccc2)c1. The Morgan fingerprint density at radius 2 is 1.82 bits per heavy atom. The summed E-state index contributed by atoms with van der Waals surface area (Å²) >= 11 is 0. The highest BCUT2D eigenvalue weighted by atomic mass is 16.5. The molecular weight excluding hydrogens is 358 g/mol. The quantitative estimate of drug-likeness (QED) is 0.532. The lowest BCUT2D eigenvalue weighted by Crippen LogP contribution is -2.31. The molecule has 0 aliphatic rings. The summed E-state index contributed by atoms with van der Waals surface area (Å²) in [5.41, 5.74) is 1.80. The van der Waals surface area contributed by atoms with Crippen LogP contribution in [0.25, 0.3) is 6.08 Å². The summed E-state index contributed by atoms with van der Waals surface area (Å²) < 4.78 is 15.4. The second-order valence-electron chi connectivity index (χ2n) is 6.16. The minimum atomic E-state index is -0.615. The number of hydrogen-bond donors (Lipinski definition) is 1. The van der Waals surface area contributed by atoms with Crippen LogP contribution < -0.4 is 14.8 Å². The molecule has 0 aromatic heterocycles. The Hall–Kier alpha value is -3.28. The number of esters is 1. The second kappa shape index (κ2) is 10.8. The summed E-state index contributed by atoms with van der Waals surface area (Å²) in [5.74, 6) is 0.444. The van der Waals surface area contributed by atoms with Gasteiger partial charge in [0, 0.05) is 18.2 Å². The van der Waals surface area contributed by atoms with E-state index in [2.05, 4.69) is 5.32 Å². The number of rotatable bonds is 9.